The topological polar surface area (TPSA) is 64.6 Å². The molecule has 0 saturated heterocycles. The first kappa shape index (κ1) is 17.5. The summed E-state index contributed by atoms with van der Waals surface area (Å²) in [6.07, 6.45) is 2.48. The number of hydrogen-bond acceptors (Lipinski definition) is 4. The van der Waals surface area contributed by atoms with Gasteiger partial charge in [0.1, 0.15) is 0 Å². The van der Waals surface area contributed by atoms with Crippen molar-refractivity contribution in [3.63, 3.8) is 0 Å². The SMILES string of the molecule is CC(C)OCc1ccc(C(=O)OCC(=O)N[C@@H](C)C2CC2)cc1. The molecule has 0 aromatic heterocycles. The highest BCUT2D eigenvalue weighted by atomic mass is 16.5. The van der Waals surface area contributed by atoms with E-state index < -0.39 is 5.97 Å². The molecule has 0 unspecified atom stereocenters. The highest BCUT2D eigenvalue weighted by Gasteiger charge is 2.28. The van der Waals surface area contributed by atoms with Crippen LogP contribution in [-0.2, 0) is 20.9 Å². The molecule has 126 valence electrons. The van der Waals surface area contributed by atoms with Crippen LogP contribution in [-0.4, -0.2) is 30.6 Å². The minimum Gasteiger partial charge on any atom is -0.452 e. The molecule has 5 heteroatoms. The summed E-state index contributed by atoms with van der Waals surface area (Å²) in [7, 11) is 0. The van der Waals surface area contributed by atoms with Crippen molar-refractivity contribution < 1.29 is 19.1 Å². The summed E-state index contributed by atoms with van der Waals surface area (Å²) in [5.41, 5.74) is 1.42. The first-order valence-electron chi connectivity index (χ1n) is 8.12. The van der Waals surface area contributed by atoms with Crippen molar-refractivity contribution in [1.29, 1.82) is 0 Å². The lowest BCUT2D eigenvalue weighted by Crippen LogP contribution is -2.37. The van der Waals surface area contributed by atoms with E-state index in [1.54, 1.807) is 12.1 Å². The minimum atomic E-state index is -0.490. The predicted octanol–water partition coefficient (Wildman–Crippen LogP) is 2.68. The van der Waals surface area contributed by atoms with Gasteiger partial charge >= 0.3 is 5.97 Å². The third kappa shape index (κ3) is 6.02. The maximum atomic E-state index is 11.9. The van der Waals surface area contributed by atoms with E-state index in [0.29, 0.717) is 18.1 Å². The van der Waals surface area contributed by atoms with Crippen LogP contribution in [0.1, 0.15) is 49.5 Å². The molecule has 1 amide bonds. The summed E-state index contributed by atoms with van der Waals surface area (Å²) in [6.45, 7) is 6.19. The van der Waals surface area contributed by atoms with Crippen LogP contribution in [0.2, 0.25) is 0 Å². The Bertz CT molecular complexity index is 534. The maximum absolute atomic E-state index is 11.9. The Balaban J connectivity index is 1.75. The van der Waals surface area contributed by atoms with Gasteiger partial charge in [0.15, 0.2) is 6.61 Å². The Morgan fingerprint density at radius 2 is 1.83 bits per heavy atom. The average molecular weight is 319 g/mol. The van der Waals surface area contributed by atoms with Crippen molar-refractivity contribution in [1.82, 2.24) is 5.32 Å². The standard InChI is InChI=1S/C18H25NO4/c1-12(2)22-10-14-4-6-16(7-5-14)18(21)23-11-17(20)19-13(3)15-8-9-15/h4-7,12-13,15H,8-11H2,1-3H3,(H,19,20)/t13-/m0/s1. The molecule has 0 radical (unpaired) electrons. The zero-order chi connectivity index (χ0) is 16.8. The van der Waals surface area contributed by atoms with Crippen molar-refractivity contribution in [2.45, 2.75) is 52.4 Å². The van der Waals surface area contributed by atoms with Gasteiger partial charge in [0.2, 0.25) is 0 Å². The second-order valence-corrected chi connectivity index (χ2v) is 6.33. The summed E-state index contributed by atoms with van der Waals surface area (Å²) in [6, 6.07) is 7.18. The molecule has 0 spiro atoms. The summed E-state index contributed by atoms with van der Waals surface area (Å²) in [5.74, 6) is -0.162. The number of nitrogens with one attached hydrogen (secondary N) is 1. The summed E-state index contributed by atoms with van der Waals surface area (Å²) in [5, 5.41) is 2.85. The lowest BCUT2D eigenvalue weighted by molar-refractivity contribution is -0.124. The van der Waals surface area contributed by atoms with Crippen molar-refractivity contribution in [2.24, 2.45) is 5.92 Å². The molecular weight excluding hydrogens is 294 g/mol. The van der Waals surface area contributed by atoms with Gasteiger partial charge in [-0.3, -0.25) is 4.79 Å². The van der Waals surface area contributed by atoms with Gasteiger partial charge in [-0.05, 0) is 57.2 Å². The lowest BCUT2D eigenvalue weighted by Gasteiger charge is -2.12. The highest BCUT2D eigenvalue weighted by molar-refractivity contribution is 5.91. The van der Waals surface area contributed by atoms with E-state index in [2.05, 4.69) is 5.32 Å². The summed E-state index contributed by atoms with van der Waals surface area (Å²) >= 11 is 0. The Morgan fingerprint density at radius 1 is 1.17 bits per heavy atom. The maximum Gasteiger partial charge on any atom is 0.338 e. The van der Waals surface area contributed by atoms with Crippen molar-refractivity contribution in [3.8, 4) is 0 Å². The van der Waals surface area contributed by atoms with Gasteiger partial charge in [-0.2, -0.15) is 0 Å². The molecule has 1 fully saturated rings. The largest absolute Gasteiger partial charge is 0.452 e. The molecule has 2 rings (SSSR count). The fraction of sp³-hybridized carbons (Fsp3) is 0.556. The zero-order valence-electron chi connectivity index (χ0n) is 14.0. The van der Waals surface area contributed by atoms with Crippen LogP contribution in [0, 0.1) is 5.92 Å². The lowest BCUT2D eigenvalue weighted by atomic mass is 10.1. The van der Waals surface area contributed by atoms with Crippen molar-refractivity contribution in [2.75, 3.05) is 6.61 Å². The van der Waals surface area contributed by atoms with Crippen LogP contribution in [0.3, 0.4) is 0 Å². The minimum absolute atomic E-state index is 0.154. The smallest absolute Gasteiger partial charge is 0.338 e. The Kier molecular flexibility index (Phi) is 6.16. The van der Waals surface area contributed by atoms with Crippen LogP contribution < -0.4 is 5.32 Å². The molecule has 5 nitrogen and oxygen atoms in total. The van der Waals surface area contributed by atoms with Gasteiger partial charge in [0.25, 0.3) is 5.91 Å². The van der Waals surface area contributed by atoms with Crippen LogP contribution >= 0.6 is 0 Å². The van der Waals surface area contributed by atoms with Gasteiger partial charge < -0.3 is 14.8 Å². The van der Waals surface area contributed by atoms with E-state index in [1.165, 1.54) is 0 Å². The van der Waals surface area contributed by atoms with E-state index in [4.69, 9.17) is 9.47 Å². The predicted molar refractivity (Wildman–Crippen MR) is 87.0 cm³/mol. The second kappa shape index (κ2) is 8.11. The third-order valence-corrected chi connectivity index (χ3v) is 3.83. The number of ether oxygens (including phenoxy) is 2. The molecule has 1 saturated carbocycles. The zero-order valence-corrected chi connectivity index (χ0v) is 14.0. The molecule has 1 aliphatic rings. The van der Waals surface area contributed by atoms with Crippen LogP contribution in [0.25, 0.3) is 0 Å². The third-order valence-electron chi connectivity index (χ3n) is 3.83. The van der Waals surface area contributed by atoms with Gasteiger partial charge in [-0.25, -0.2) is 4.79 Å². The number of carbonyl (C=O) groups excluding carboxylic acids is 2. The summed E-state index contributed by atoms with van der Waals surface area (Å²) in [4.78, 5) is 23.6. The van der Waals surface area contributed by atoms with Crippen molar-refractivity contribution in [3.05, 3.63) is 35.4 Å². The molecular formula is C18H25NO4. The van der Waals surface area contributed by atoms with Crippen LogP contribution in [0.5, 0.6) is 0 Å². The van der Waals surface area contributed by atoms with E-state index in [9.17, 15) is 9.59 Å². The van der Waals surface area contributed by atoms with E-state index >= 15 is 0 Å². The van der Waals surface area contributed by atoms with Crippen LogP contribution in [0.15, 0.2) is 24.3 Å². The molecule has 1 atom stereocenters. The van der Waals surface area contributed by atoms with E-state index in [0.717, 1.165) is 18.4 Å². The molecule has 0 aliphatic heterocycles. The van der Waals surface area contributed by atoms with Gasteiger partial charge in [0.05, 0.1) is 18.3 Å². The Hall–Kier alpha value is -1.88. The number of carbonyl (C=O) groups is 2. The average Bonchev–Trinajstić information content (AvgIpc) is 3.36. The molecule has 1 aliphatic carbocycles. The number of esters is 1. The quantitative estimate of drug-likeness (QED) is 0.748. The van der Waals surface area contributed by atoms with Gasteiger partial charge in [-0.1, -0.05) is 12.1 Å². The molecule has 0 heterocycles. The van der Waals surface area contributed by atoms with Gasteiger partial charge in [0, 0.05) is 6.04 Å². The second-order valence-electron chi connectivity index (χ2n) is 6.33. The first-order chi connectivity index (χ1) is 11.0. The number of rotatable bonds is 8. The van der Waals surface area contributed by atoms with Gasteiger partial charge in [-0.15, -0.1) is 0 Å². The summed E-state index contributed by atoms with van der Waals surface area (Å²) < 4.78 is 10.5. The monoisotopic (exact) mass is 319 g/mol. The fourth-order valence-corrected chi connectivity index (χ4v) is 2.22. The van der Waals surface area contributed by atoms with E-state index in [1.807, 2.05) is 32.9 Å². The molecule has 1 N–H and O–H groups in total. The number of amides is 1. The van der Waals surface area contributed by atoms with Crippen molar-refractivity contribution >= 4 is 11.9 Å². The number of benzene rings is 1. The highest BCUT2D eigenvalue weighted by Crippen LogP contribution is 2.32. The molecule has 0 bridgehead atoms. The fourth-order valence-electron chi connectivity index (χ4n) is 2.22. The Labute approximate surface area is 137 Å². The van der Waals surface area contributed by atoms with E-state index in [-0.39, 0.29) is 24.7 Å². The molecule has 1 aromatic carbocycles. The normalized spacial score (nSPS) is 15.3. The first-order valence-corrected chi connectivity index (χ1v) is 8.12. The molecule has 23 heavy (non-hydrogen) atoms. The molecule has 1 aromatic rings. The van der Waals surface area contributed by atoms with Crippen LogP contribution in [0.4, 0.5) is 0 Å². The Morgan fingerprint density at radius 3 is 2.39 bits per heavy atom. The number of hydrogen-bond donors (Lipinski definition) is 1.